The highest BCUT2D eigenvalue weighted by atomic mass is 35.5. The maximum absolute atomic E-state index is 12.2. The summed E-state index contributed by atoms with van der Waals surface area (Å²) >= 11 is 5.90. The Morgan fingerprint density at radius 2 is 2.08 bits per heavy atom. The van der Waals surface area contributed by atoms with Crippen LogP contribution >= 0.6 is 11.6 Å². The molecule has 0 aliphatic carbocycles. The summed E-state index contributed by atoms with van der Waals surface area (Å²) in [6.45, 7) is 1.87. The smallest absolute Gasteiger partial charge is 0.315 e. The first-order valence-electron chi connectivity index (χ1n) is 8.61. The Morgan fingerprint density at radius 1 is 1.31 bits per heavy atom. The van der Waals surface area contributed by atoms with Gasteiger partial charge in [-0.2, -0.15) is 0 Å². The van der Waals surface area contributed by atoms with Crippen molar-refractivity contribution in [3.05, 3.63) is 28.8 Å². The van der Waals surface area contributed by atoms with Gasteiger partial charge in [0.2, 0.25) is 5.91 Å². The Bertz CT molecular complexity index is 827. The first kappa shape index (κ1) is 19.0. The molecule has 0 bridgehead atoms. The summed E-state index contributed by atoms with van der Waals surface area (Å²) < 4.78 is 24.5. The SMILES string of the molecule is Cc1cc(Cl)ccc1NC(=O)CCCC[C@@H]1[C@H]2NC(=O)N[C@@H]2CS1(=O)=O. The highest BCUT2D eigenvalue weighted by Crippen LogP contribution is 2.28. The molecule has 142 valence electrons. The molecule has 26 heavy (non-hydrogen) atoms. The van der Waals surface area contributed by atoms with Crippen LogP contribution in [0.4, 0.5) is 10.5 Å². The molecule has 0 saturated carbocycles. The van der Waals surface area contributed by atoms with E-state index in [1.54, 1.807) is 18.2 Å². The molecule has 9 heteroatoms. The zero-order chi connectivity index (χ0) is 18.9. The molecule has 1 aromatic rings. The molecule has 2 fully saturated rings. The van der Waals surface area contributed by atoms with E-state index in [1.807, 2.05) is 6.92 Å². The van der Waals surface area contributed by atoms with Gasteiger partial charge < -0.3 is 16.0 Å². The van der Waals surface area contributed by atoms with Crippen LogP contribution in [0, 0.1) is 6.92 Å². The monoisotopic (exact) mass is 399 g/mol. The molecule has 2 saturated heterocycles. The van der Waals surface area contributed by atoms with Gasteiger partial charge in [0, 0.05) is 17.1 Å². The minimum atomic E-state index is -3.22. The summed E-state index contributed by atoms with van der Waals surface area (Å²) in [5, 5.41) is 8.22. The highest BCUT2D eigenvalue weighted by molar-refractivity contribution is 7.92. The van der Waals surface area contributed by atoms with E-state index >= 15 is 0 Å². The van der Waals surface area contributed by atoms with Crippen LogP contribution in [0.1, 0.15) is 31.2 Å². The fraction of sp³-hybridized carbons (Fsp3) is 0.529. The fourth-order valence-corrected chi connectivity index (χ4v) is 6.11. The minimum absolute atomic E-state index is 0.0165. The van der Waals surface area contributed by atoms with Crippen molar-refractivity contribution in [1.29, 1.82) is 0 Å². The van der Waals surface area contributed by atoms with Crippen LogP contribution < -0.4 is 16.0 Å². The second kappa shape index (κ2) is 7.44. The number of aryl methyl sites for hydroxylation is 1. The van der Waals surface area contributed by atoms with E-state index in [1.165, 1.54) is 0 Å². The van der Waals surface area contributed by atoms with Crippen molar-refractivity contribution in [3.63, 3.8) is 0 Å². The Balaban J connectivity index is 1.46. The van der Waals surface area contributed by atoms with E-state index in [4.69, 9.17) is 11.6 Å². The van der Waals surface area contributed by atoms with Gasteiger partial charge in [0.25, 0.3) is 0 Å². The van der Waals surface area contributed by atoms with Gasteiger partial charge in [0.15, 0.2) is 9.84 Å². The molecule has 2 aliphatic heterocycles. The number of benzene rings is 1. The zero-order valence-electron chi connectivity index (χ0n) is 14.4. The lowest BCUT2D eigenvalue weighted by Crippen LogP contribution is -2.39. The first-order chi connectivity index (χ1) is 12.3. The predicted molar refractivity (Wildman–Crippen MR) is 100 cm³/mol. The molecule has 0 spiro atoms. The Morgan fingerprint density at radius 3 is 2.81 bits per heavy atom. The molecule has 0 radical (unpaired) electrons. The second-order valence-electron chi connectivity index (χ2n) is 6.87. The molecular formula is C17H22ClN3O4S. The second-order valence-corrected chi connectivity index (χ2v) is 9.57. The lowest BCUT2D eigenvalue weighted by Gasteiger charge is -2.16. The van der Waals surface area contributed by atoms with E-state index < -0.39 is 15.1 Å². The molecular weight excluding hydrogens is 378 g/mol. The number of unbranched alkanes of at least 4 members (excludes halogenated alkanes) is 1. The molecule has 7 nitrogen and oxygen atoms in total. The van der Waals surface area contributed by atoms with E-state index in [0.717, 1.165) is 11.3 Å². The van der Waals surface area contributed by atoms with Gasteiger partial charge in [0.05, 0.1) is 23.1 Å². The first-order valence-corrected chi connectivity index (χ1v) is 10.7. The lowest BCUT2D eigenvalue weighted by atomic mass is 10.0. The number of carbonyl (C=O) groups excluding carboxylic acids is 2. The quantitative estimate of drug-likeness (QED) is 0.502. The molecule has 0 unspecified atom stereocenters. The van der Waals surface area contributed by atoms with Crippen LogP contribution in [0.25, 0.3) is 0 Å². The summed E-state index contributed by atoms with van der Waals surface area (Å²) in [4.78, 5) is 23.4. The number of fused-ring (bicyclic) bond motifs is 1. The van der Waals surface area contributed by atoms with E-state index in [-0.39, 0.29) is 29.8 Å². The van der Waals surface area contributed by atoms with Crippen LogP contribution in [0.15, 0.2) is 18.2 Å². The van der Waals surface area contributed by atoms with E-state index in [9.17, 15) is 18.0 Å². The van der Waals surface area contributed by atoms with Gasteiger partial charge in [-0.15, -0.1) is 0 Å². The number of anilines is 1. The van der Waals surface area contributed by atoms with Crippen molar-refractivity contribution in [2.24, 2.45) is 0 Å². The third kappa shape index (κ3) is 4.12. The number of amides is 3. The van der Waals surface area contributed by atoms with Crippen molar-refractivity contribution in [2.45, 2.75) is 49.9 Å². The Hall–Kier alpha value is -1.80. The van der Waals surface area contributed by atoms with Gasteiger partial charge in [-0.3, -0.25) is 4.79 Å². The van der Waals surface area contributed by atoms with Crippen LogP contribution in [-0.4, -0.2) is 43.4 Å². The molecule has 0 aromatic heterocycles. The fourth-order valence-electron chi connectivity index (χ4n) is 3.62. The van der Waals surface area contributed by atoms with Gasteiger partial charge >= 0.3 is 6.03 Å². The van der Waals surface area contributed by atoms with Crippen molar-refractivity contribution in [2.75, 3.05) is 11.1 Å². The molecule has 2 heterocycles. The average molecular weight is 400 g/mol. The van der Waals surface area contributed by atoms with Crippen molar-refractivity contribution >= 4 is 39.1 Å². The van der Waals surface area contributed by atoms with Crippen molar-refractivity contribution in [3.8, 4) is 0 Å². The maximum Gasteiger partial charge on any atom is 0.315 e. The topological polar surface area (TPSA) is 104 Å². The normalized spacial score (nSPS) is 26.1. The van der Waals surface area contributed by atoms with Crippen LogP contribution in [-0.2, 0) is 14.6 Å². The number of hydrogen-bond acceptors (Lipinski definition) is 4. The largest absolute Gasteiger partial charge is 0.332 e. The predicted octanol–water partition coefficient (Wildman–Crippen LogP) is 1.99. The van der Waals surface area contributed by atoms with Crippen molar-refractivity contribution < 1.29 is 18.0 Å². The minimum Gasteiger partial charge on any atom is -0.332 e. The summed E-state index contributed by atoms with van der Waals surface area (Å²) in [6, 6.07) is 4.25. The summed E-state index contributed by atoms with van der Waals surface area (Å²) in [6.07, 6.45) is 1.95. The Kier molecular flexibility index (Phi) is 5.43. The van der Waals surface area contributed by atoms with E-state index in [0.29, 0.717) is 30.7 Å². The third-order valence-corrected chi connectivity index (χ3v) is 7.44. The molecule has 3 N–H and O–H groups in total. The van der Waals surface area contributed by atoms with Crippen molar-refractivity contribution in [1.82, 2.24) is 10.6 Å². The standard InChI is InChI=1S/C17H22ClN3O4S/c1-10-8-11(18)6-7-12(10)19-15(22)5-3-2-4-14-16-13(9-26(14,24)25)20-17(23)21-16/h6-8,13-14,16H,2-5,9H2,1H3,(H,19,22)(H2,20,21,23)/t13-,14-,16+/m1/s1. The van der Waals surface area contributed by atoms with Gasteiger partial charge in [-0.1, -0.05) is 18.0 Å². The number of urea groups is 1. The summed E-state index contributed by atoms with van der Waals surface area (Å²) in [5.74, 6) is -0.129. The number of rotatable bonds is 6. The molecule has 3 amide bonds. The van der Waals surface area contributed by atoms with E-state index in [2.05, 4.69) is 16.0 Å². The van der Waals surface area contributed by atoms with Gasteiger partial charge in [-0.25, -0.2) is 13.2 Å². The van der Waals surface area contributed by atoms with Gasteiger partial charge in [0.1, 0.15) is 0 Å². The number of halogens is 1. The average Bonchev–Trinajstić information content (AvgIpc) is 2.99. The van der Waals surface area contributed by atoms with Gasteiger partial charge in [-0.05, 0) is 43.5 Å². The molecule has 3 atom stereocenters. The highest BCUT2D eigenvalue weighted by Gasteiger charge is 2.51. The summed E-state index contributed by atoms with van der Waals surface area (Å²) in [5.41, 5.74) is 1.61. The lowest BCUT2D eigenvalue weighted by molar-refractivity contribution is -0.116. The molecule has 2 aliphatic rings. The third-order valence-electron chi connectivity index (χ3n) is 4.93. The number of carbonyl (C=O) groups is 2. The molecule has 3 rings (SSSR count). The summed E-state index contributed by atoms with van der Waals surface area (Å²) in [7, 11) is -3.22. The zero-order valence-corrected chi connectivity index (χ0v) is 16.0. The molecule has 1 aromatic carbocycles. The van der Waals surface area contributed by atoms with Crippen LogP contribution in [0.5, 0.6) is 0 Å². The number of nitrogens with one attached hydrogen (secondary N) is 3. The van der Waals surface area contributed by atoms with Crippen LogP contribution in [0.3, 0.4) is 0 Å². The van der Waals surface area contributed by atoms with Crippen LogP contribution in [0.2, 0.25) is 5.02 Å². The number of sulfone groups is 1. The number of hydrogen-bond donors (Lipinski definition) is 3. The Labute approximate surface area is 157 Å². The maximum atomic E-state index is 12.2.